The first kappa shape index (κ1) is 11.2. The highest BCUT2D eigenvalue weighted by Gasteiger charge is 2.27. The van der Waals surface area contributed by atoms with Crippen molar-refractivity contribution in [2.75, 3.05) is 20.1 Å². The van der Waals surface area contributed by atoms with Gasteiger partial charge in [-0.25, -0.2) is 0 Å². The quantitative estimate of drug-likeness (QED) is 0.831. The first-order chi connectivity index (χ1) is 8.24. The van der Waals surface area contributed by atoms with Gasteiger partial charge < -0.3 is 10.2 Å². The Bertz CT molecular complexity index is 398. The summed E-state index contributed by atoms with van der Waals surface area (Å²) in [7, 11) is 4.27. The van der Waals surface area contributed by atoms with Gasteiger partial charge in [-0.05, 0) is 39.3 Å². The van der Waals surface area contributed by atoms with Crippen molar-refractivity contribution in [1.29, 1.82) is 0 Å². The molecule has 2 aliphatic rings. The standard InChI is InChI=1S/C13H22N4/c1-16-7-6-10(9-16)15-12-4-3-5-13-11(12)8-14-17(13)2/h8,10,12,15H,3-7,9H2,1-2H3. The molecule has 1 saturated heterocycles. The summed E-state index contributed by atoms with van der Waals surface area (Å²) in [6.07, 6.45) is 7.08. The molecular weight excluding hydrogens is 212 g/mol. The van der Waals surface area contributed by atoms with E-state index >= 15 is 0 Å². The van der Waals surface area contributed by atoms with Crippen molar-refractivity contribution >= 4 is 0 Å². The highest BCUT2D eigenvalue weighted by Crippen LogP contribution is 2.30. The summed E-state index contributed by atoms with van der Waals surface area (Å²) in [4.78, 5) is 2.41. The topological polar surface area (TPSA) is 33.1 Å². The average Bonchev–Trinajstić information content (AvgIpc) is 2.88. The van der Waals surface area contributed by atoms with Crippen LogP contribution in [0.2, 0.25) is 0 Å². The van der Waals surface area contributed by atoms with Gasteiger partial charge in [-0.1, -0.05) is 0 Å². The highest BCUT2D eigenvalue weighted by atomic mass is 15.3. The monoisotopic (exact) mass is 234 g/mol. The number of nitrogens with one attached hydrogen (secondary N) is 1. The van der Waals surface area contributed by atoms with E-state index < -0.39 is 0 Å². The van der Waals surface area contributed by atoms with Gasteiger partial charge in [0.15, 0.2) is 0 Å². The second-order valence-electron chi connectivity index (χ2n) is 5.53. The normalized spacial score (nSPS) is 29.5. The zero-order valence-corrected chi connectivity index (χ0v) is 10.8. The SMILES string of the molecule is CN1CCC(NC2CCCc3c2cnn3C)C1. The van der Waals surface area contributed by atoms with Crippen molar-refractivity contribution in [3.05, 3.63) is 17.5 Å². The van der Waals surface area contributed by atoms with E-state index in [4.69, 9.17) is 0 Å². The van der Waals surface area contributed by atoms with Gasteiger partial charge in [0.25, 0.3) is 0 Å². The number of fused-ring (bicyclic) bond motifs is 1. The second kappa shape index (κ2) is 4.42. The van der Waals surface area contributed by atoms with Gasteiger partial charge >= 0.3 is 0 Å². The van der Waals surface area contributed by atoms with E-state index in [0.29, 0.717) is 12.1 Å². The molecule has 0 radical (unpaired) electrons. The molecule has 1 aromatic heterocycles. The minimum Gasteiger partial charge on any atom is -0.306 e. The lowest BCUT2D eigenvalue weighted by atomic mass is 9.92. The lowest BCUT2D eigenvalue weighted by Gasteiger charge is -2.27. The van der Waals surface area contributed by atoms with Crippen molar-refractivity contribution in [3.8, 4) is 0 Å². The molecule has 0 amide bonds. The van der Waals surface area contributed by atoms with Gasteiger partial charge in [-0.3, -0.25) is 4.68 Å². The molecule has 0 aromatic carbocycles. The molecule has 4 nitrogen and oxygen atoms in total. The van der Waals surface area contributed by atoms with Crippen LogP contribution in [0.15, 0.2) is 6.20 Å². The van der Waals surface area contributed by atoms with Crippen molar-refractivity contribution in [3.63, 3.8) is 0 Å². The third-order valence-electron chi connectivity index (χ3n) is 4.20. The van der Waals surface area contributed by atoms with E-state index in [1.165, 1.54) is 50.0 Å². The first-order valence-electron chi connectivity index (χ1n) is 6.69. The maximum Gasteiger partial charge on any atom is 0.0540 e. The number of likely N-dealkylation sites (N-methyl/N-ethyl adjacent to an activating group) is 1. The number of nitrogens with zero attached hydrogens (tertiary/aromatic N) is 3. The predicted octanol–water partition coefficient (Wildman–Crippen LogP) is 1.09. The van der Waals surface area contributed by atoms with Gasteiger partial charge in [-0.15, -0.1) is 0 Å². The van der Waals surface area contributed by atoms with Crippen LogP contribution in [0.25, 0.3) is 0 Å². The summed E-state index contributed by atoms with van der Waals surface area (Å²) < 4.78 is 2.05. The fourth-order valence-corrected chi connectivity index (χ4v) is 3.23. The van der Waals surface area contributed by atoms with E-state index in [2.05, 4.69) is 35.6 Å². The lowest BCUT2D eigenvalue weighted by molar-refractivity contribution is 0.365. The van der Waals surface area contributed by atoms with E-state index in [9.17, 15) is 0 Å². The Balaban J connectivity index is 1.72. The van der Waals surface area contributed by atoms with E-state index in [-0.39, 0.29) is 0 Å². The van der Waals surface area contributed by atoms with Gasteiger partial charge in [0.05, 0.1) is 6.20 Å². The van der Waals surface area contributed by atoms with Gasteiger partial charge in [-0.2, -0.15) is 5.10 Å². The van der Waals surface area contributed by atoms with Crippen LogP contribution in [0.1, 0.15) is 36.6 Å². The van der Waals surface area contributed by atoms with Crippen LogP contribution in [0.4, 0.5) is 0 Å². The van der Waals surface area contributed by atoms with Crippen LogP contribution in [-0.4, -0.2) is 40.9 Å². The lowest BCUT2D eigenvalue weighted by Crippen LogP contribution is -2.36. The molecule has 2 heterocycles. The van der Waals surface area contributed by atoms with Crippen molar-refractivity contribution in [2.45, 2.75) is 37.8 Å². The Labute approximate surface area is 103 Å². The number of likely N-dealkylation sites (tertiary alicyclic amines) is 1. The minimum absolute atomic E-state index is 0.531. The number of aromatic nitrogens is 2. The smallest absolute Gasteiger partial charge is 0.0540 e. The van der Waals surface area contributed by atoms with Crippen molar-refractivity contribution < 1.29 is 0 Å². The summed E-state index contributed by atoms with van der Waals surface area (Å²) in [5, 5.41) is 8.23. The second-order valence-corrected chi connectivity index (χ2v) is 5.53. The molecule has 0 saturated carbocycles. The maximum absolute atomic E-state index is 4.40. The molecule has 2 atom stereocenters. The molecule has 1 aromatic rings. The van der Waals surface area contributed by atoms with Crippen LogP contribution in [-0.2, 0) is 13.5 Å². The molecule has 1 fully saturated rings. The van der Waals surface area contributed by atoms with E-state index in [1.54, 1.807) is 0 Å². The third kappa shape index (κ3) is 2.11. The molecule has 1 aliphatic carbocycles. The van der Waals surface area contributed by atoms with Crippen molar-refractivity contribution in [1.82, 2.24) is 20.0 Å². The first-order valence-corrected chi connectivity index (χ1v) is 6.69. The average molecular weight is 234 g/mol. The minimum atomic E-state index is 0.531. The molecule has 0 spiro atoms. The van der Waals surface area contributed by atoms with E-state index in [1.807, 2.05) is 4.68 Å². The molecule has 2 unspecified atom stereocenters. The predicted molar refractivity (Wildman–Crippen MR) is 67.9 cm³/mol. The molecule has 3 rings (SSSR count). The molecule has 4 heteroatoms. The summed E-state index contributed by atoms with van der Waals surface area (Å²) in [6, 6.07) is 1.19. The van der Waals surface area contributed by atoms with Crippen LogP contribution in [0.5, 0.6) is 0 Å². The summed E-state index contributed by atoms with van der Waals surface area (Å²) in [6.45, 7) is 2.41. The third-order valence-corrected chi connectivity index (χ3v) is 4.20. The number of hydrogen-bond donors (Lipinski definition) is 1. The molecular formula is C13H22N4. The Morgan fingerprint density at radius 2 is 2.24 bits per heavy atom. The van der Waals surface area contributed by atoms with Crippen LogP contribution >= 0.6 is 0 Å². The largest absolute Gasteiger partial charge is 0.306 e. The number of hydrogen-bond acceptors (Lipinski definition) is 3. The van der Waals surface area contributed by atoms with Crippen molar-refractivity contribution in [2.24, 2.45) is 7.05 Å². The number of aryl methyl sites for hydroxylation is 1. The summed E-state index contributed by atoms with van der Waals surface area (Å²) in [5.74, 6) is 0. The highest BCUT2D eigenvalue weighted by molar-refractivity contribution is 5.24. The molecule has 17 heavy (non-hydrogen) atoms. The van der Waals surface area contributed by atoms with Crippen LogP contribution < -0.4 is 5.32 Å². The van der Waals surface area contributed by atoms with Crippen LogP contribution in [0.3, 0.4) is 0 Å². The Morgan fingerprint density at radius 3 is 3.00 bits per heavy atom. The number of rotatable bonds is 2. The summed E-state index contributed by atoms with van der Waals surface area (Å²) >= 11 is 0. The van der Waals surface area contributed by atoms with Crippen LogP contribution in [0, 0.1) is 0 Å². The zero-order valence-electron chi connectivity index (χ0n) is 10.8. The van der Waals surface area contributed by atoms with Gasteiger partial charge in [0, 0.05) is 36.9 Å². The zero-order chi connectivity index (χ0) is 11.8. The Hall–Kier alpha value is -0.870. The molecule has 0 bridgehead atoms. The van der Waals surface area contributed by atoms with Gasteiger partial charge in [0.2, 0.25) is 0 Å². The van der Waals surface area contributed by atoms with Gasteiger partial charge in [0.1, 0.15) is 0 Å². The molecule has 94 valence electrons. The Morgan fingerprint density at radius 1 is 1.35 bits per heavy atom. The maximum atomic E-state index is 4.40. The molecule has 1 N–H and O–H groups in total. The fraction of sp³-hybridized carbons (Fsp3) is 0.769. The Kier molecular flexibility index (Phi) is 2.92. The summed E-state index contributed by atoms with van der Waals surface area (Å²) in [5.41, 5.74) is 2.87. The van der Waals surface area contributed by atoms with E-state index in [0.717, 1.165) is 0 Å². The fourth-order valence-electron chi connectivity index (χ4n) is 3.23. The molecule has 1 aliphatic heterocycles.